The van der Waals surface area contributed by atoms with Crippen molar-refractivity contribution in [3.8, 4) is 5.75 Å². The lowest BCUT2D eigenvalue weighted by molar-refractivity contribution is 0.474. The lowest BCUT2D eigenvalue weighted by Crippen LogP contribution is -1.97. The van der Waals surface area contributed by atoms with Crippen LogP contribution >= 0.6 is 0 Å². The summed E-state index contributed by atoms with van der Waals surface area (Å²) in [7, 11) is 0. The molecule has 1 heteroatoms. The topological polar surface area (TPSA) is 20.2 Å². The van der Waals surface area contributed by atoms with Crippen LogP contribution in [0.2, 0.25) is 0 Å². The predicted molar refractivity (Wildman–Crippen MR) is 60.8 cm³/mol. The van der Waals surface area contributed by atoms with Crippen LogP contribution in [0.5, 0.6) is 5.75 Å². The first kappa shape index (κ1) is 10.8. The zero-order valence-corrected chi connectivity index (χ0v) is 9.33. The third-order valence-corrected chi connectivity index (χ3v) is 2.51. The van der Waals surface area contributed by atoms with Gasteiger partial charge < -0.3 is 5.11 Å². The molecular formula is C13H18O. The molecule has 0 aliphatic heterocycles. The predicted octanol–water partition coefficient (Wildman–Crippen LogP) is 3.69. The van der Waals surface area contributed by atoms with Gasteiger partial charge in [-0.2, -0.15) is 0 Å². The molecule has 0 fully saturated rings. The fraction of sp³-hybridized carbons (Fsp3) is 0.385. The standard InChI is InChI=1S/C13H18O/c1-5-6-9(2)13-10(3)7-12(14)8-11(13)4/h5-9,14H,1-4H3/b6-5+. The summed E-state index contributed by atoms with van der Waals surface area (Å²) in [5, 5.41) is 9.41. The summed E-state index contributed by atoms with van der Waals surface area (Å²) in [6, 6.07) is 3.64. The van der Waals surface area contributed by atoms with Crippen molar-refractivity contribution in [3.05, 3.63) is 41.0 Å². The van der Waals surface area contributed by atoms with E-state index in [1.54, 1.807) is 0 Å². The van der Waals surface area contributed by atoms with E-state index < -0.39 is 0 Å². The van der Waals surface area contributed by atoms with Gasteiger partial charge in [0.2, 0.25) is 0 Å². The van der Waals surface area contributed by atoms with Crippen LogP contribution < -0.4 is 0 Å². The molecule has 0 radical (unpaired) electrons. The Morgan fingerprint density at radius 1 is 1.21 bits per heavy atom. The molecule has 14 heavy (non-hydrogen) atoms. The molecule has 1 atom stereocenters. The smallest absolute Gasteiger partial charge is 0.116 e. The zero-order chi connectivity index (χ0) is 10.7. The Hall–Kier alpha value is -1.24. The number of phenolic OH excluding ortho intramolecular Hbond substituents is 1. The second-order valence-corrected chi connectivity index (χ2v) is 3.81. The highest BCUT2D eigenvalue weighted by molar-refractivity contribution is 5.43. The zero-order valence-electron chi connectivity index (χ0n) is 9.33. The lowest BCUT2D eigenvalue weighted by Gasteiger charge is -2.14. The molecule has 76 valence electrons. The van der Waals surface area contributed by atoms with Gasteiger partial charge >= 0.3 is 0 Å². The van der Waals surface area contributed by atoms with E-state index in [1.165, 1.54) is 5.56 Å². The molecule has 0 spiro atoms. The first-order valence-electron chi connectivity index (χ1n) is 4.99. The van der Waals surface area contributed by atoms with Crippen molar-refractivity contribution < 1.29 is 5.11 Å². The Kier molecular flexibility index (Phi) is 3.34. The average molecular weight is 190 g/mol. The van der Waals surface area contributed by atoms with Gasteiger partial charge in [0.05, 0.1) is 0 Å². The van der Waals surface area contributed by atoms with E-state index in [0.29, 0.717) is 11.7 Å². The van der Waals surface area contributed by atoms with Gasteiger partial charge in [-0.15, -0.1) is 0 Å². The Morgan fingerprint density at radius 3 is 2.14 bits per heavy atom. The van der Waals surface area contributed by atoms with Crippen LogP contribution in [0.25, 0.3) is 0 Å². The van der Waals surface area contributed by atoms with Crippen molar-refractivity contribution >= 4 is 0 Å². The van der Waals surface area contributed by atoms with Gasteiger partial charge in [-0.1, -0.05) is 19.1 Å². The van der Waals surface area contributed by atoms with Gasteiger partial charge in [0, 0.05) is 0 Å². The molecule has 0 amide bonds. The second-order valence-electron chi connectivity index (χ2n) is 3.81. The maximum absolute atomic E-state index is 9.41. The SMILES string of the molecule is C/C=C/C(C)c1c(C)cc(O)cc1C. The maximum Gasteiger partial charge on any atom is 0.116 e. The molecular weight excluding hydrogens is 172 g/mol. The number of benzene rings is 1. The number of hydrogen-bond donors (Lipinski definition) is 1. The Balaban J connectivity index is 3.20. The van der Waals surface area contributed by atoms with Crippen LogP contribution in [0.4, 0.5) is 0 Å². The van der Waals surface area contributed by atoms with E-state index in [0.717, 1.165) is 11.1 Å². The first-order valence-corrected chi connectivity index (χ1v) is 4.99. The summed E-state index contributed by atoms with van der Waals surface area (Å²) in [5.74, 6) is 0.775. The molecule has 0 bridgehead atoms. The largest absolute Gasteiger partial charge is 0.508 e. The third-order valence-electron chi connectivity index (χ3n) is 2.51. The number of phenols is 1. The molecule has 1 aromatic carbocycles. The normalized spacial score (nSPS) is 13.4. The van der Waals surface area contributed by atoms with E-state index in [2.05, 4.69) is 19.1 Å². The maximum atomic E-state index is 9.41. The molecule has 0 saturated heterocycles. The summed E-state index contributed by atoms with van der Waals surface area (Å²) in [6.07, 6.45) is 4.24. The molecule has 1 N–H and O–H groups in total. The highest BCUT2D eigenvalue weighted by Crippen LogP contribution is 2.28. The van der Waals surface area contributed by atoms with Gasteiger partial charge in [-0.25, -0.2) is 0 Å². The second kappa shape index (κ2) is 4.32. The van der Waals surface area contributed by atoms with Gasteiger partial charge in [0.1, 0.15) is 5.75 Å². The number of aryl methyl sites for hydroxylation is 2. The van der Waals surface area contributed by atoms with E-state index in [1.807, 2.05) is 32.9 Å². The van der Waals surface area contributed by atoms with Crippen LogP contribution in [0, 0.1) is 13.8 Å². The molecule has 0 aromatic heterocycles. The summed E-state index contributed by atoms with van der Waals surface area (Å²) in [5.41, 5.74) is 3.64. The molecule has 0 heterocycles. The van der Waals surface area contributed by atoms with Gasteiger partial charge in [0.15, 0.2) is 0 Å². The number of hydrogen-bond acceptors (Lipinski definition) is 1. The minimum Gasteiger partial charge on any atom is -0.508 e. The lowest BCUT2D eigenvalue weighted by atomic mass is 9.91. The summed E-state index contributed by atoms with van der Waals surface area (Å²) < 4.78 is 0. The number of allylic oxidation sites excluding steroid dienone is 2. The summed E-state index contributed by atoms with van der Waals surface area (Å²) in [4.78, 5) is 0. The van der Waals surface area contributed by atoms with Crippen molar-refractivity contribution in [3.63, 3.8) is 0 Å². The van der Waals surface area contributed by atoms with Crippen molar-refractivity contribution in [1.29, 1.82) is 0 Å². The quantitative estimate of drug-likeness (QED) is 0.705. The monoisotopic (exact) mass is 190 g/mol. The molecule has 0 saturated carbocycles. The molecule has 1 aromatic rings. The fourth-order valence-corrected chi connectivity index (χ4v) is 2.05. The van der Waals surface area contributed by atoms with E-state index >= 15 is 0 Å². The van der Waals surface area contributed by atoms with Crippen molar-refractivity contribution in [2.75, 3.05) is 0 Å². The molecule has 0 aliphatic rings. The van der Waals surface area contributed by atoms with Crippen LogP contribution in [-0.4, -0.2) is 5.11 Å². The van der Waals surface area contributed by atoms with E-state index in [9.17, 15) is 5.11 Å². The minimum absolute atomic E-state index is 0.358. The molecule has 1 nitrogen and oxygen atoms in total. The van der Waals surface area contributed by atoms with Gasteiger partial charge in [-0.3, -0.25) is 0 Å². The van der Waals surface area contributed by atoms with E-state index in [4.69, 9.17) is 0 Å². The van der Waals surface area contributed by atoms with Crippen molar-refractivity contribution in [2.24, 2.45) is 0 Å². The van der Waals surface area contributed by atoms with Crippen LogP contribution in [-0.2, 0) is 0 Å². The number of rotatable bonds is 2. The van der Waals surface area contributed by atoms with Gasteiger partial charge in [0.25, 0.3) is 0 Å². The Morgan fingerprint density at radius 2 is 1.71 bits per heavy atom. The molecule has 0 aliphatic carbocycles. The highest BCUT2D eigenvalue weighted by atomic mass is 16.3. The van der Waals surface area contributed by atoms with Crippen molar-refractivity contribution in [1.82, 2.24) is 0 Å². The average Bonchev–Trinajstić information content (AvgIpc) is 2.01. The molecule has 1 unspecified atom stereocenters. The highest BCUT2D eigenvalue weighted by Gasteiger charge is 2.09. The fourth-order valence-electron chi connectivity index (χ4n) is 2.05. The minimum atomic E-state index is 0.358. The van der Waals surface area contributed by atoms with Crippen LogP contribution in [0.1, 0.15) is 36.5 Å². The third kappa shape index (κ3) is 2.16. The van der Waals surface area contributed by atoms with E-state index in [-0.39, 0.29) is 0 Å². The molecule has 1 rings (SSSR count). The summed E-state index contributed by atoms with van der Waals surface area (Å²) in [6.45, 7) is 8.29. The van der Waals surface area contributed by atoms with Crippen LogP contribution in [0.3, 0.4) is 0 Å². The Labute approximate surface area is 86.1 Å². The van der Waals surface area contributed by atoms with Crippen LogP contribution in [0.15, 0.2) is 24.3 Å². The van der Waals surface area contributed by atoms with Gasteiger partial charge in [-0.05, 0) is 55.5 Å². The Bertz CT molecular complexity index is 327. The first-order chi connectivity index (χ1) is 6.56. The summed E-state index contributed by atoms with van der Waals surface area (Å²) >= 11 is 0. The number of aromatic hydroxyl groups is 1. The van der Waals surface area contributed by atoms with Crippen molar-refractivity contribution in [2.45, 2.75) is 33.6 Å².